The molecular formula is C13H18BrNO2. The minimum Gasteiger partial charge on any atom is -0.394 e. The number of β-amino-alcohol motifs (C(OH)–C–C–N with tert-alkyl or cyclic N) is 1. The minimum absolute atomic E-state index is 0.146. The van der Waals surface area contributed by atoms with Crippen LogP contribution in [0.4, 0.5) is 0 Å². The molecule has 1 fully saturated rings. The van der Waals surface area contributed by atoms with Crippen molar-refractivity contribution in [2.24, 2.45) is 0 Å². The molecule has 0 bridgehead atoms. The molecule has 1 atom stereocenters. The summed E-state index contributed by atoms with van der Waals surface area (Å²) in [6.07, 6.45) is 2.61. The second-order valence-corrected chi connectivity index (χ2v) is 5.66. The number of rotatable bonds is 5. The first-order chi connectivity index (χ1) is 8.15. The van der Waals surface area contributed by atoms with E-state index in [9.17, 15) is 10.2 Å². The second kappa shape index (κ2) is 5.48. The first-order valence-electron chi connectivity index (χ1n) is 5.95. The Morgan fingerprint density at radius 2 is 2.18 bits per heavy atom. The summed E-state index contributed by atoms with van der Waals surface area (Å²) in [4.78, 5) is 0. The van der Waals surface area contributed by atoms with Crippen LogP contribution in [0.2, 0.25) is 0 Å². The lowest BCUT2D eigenvalue weighted by Gasteiger charge is -2.41. The molecule has 0 aromatic heterocycles. The van der Waals surface area contributed by atoms with Gasteiger partial charge < -0.3 is 15.5 Å². The van der Waals surface area contributed by atoms with Crippen LogP contribution in [0.5, 0.6) is 0 Å². The predicted molar refractivity (Wildman–Crippen MR) is 70.8 cm³/mol. The van der Waals surface area contributed by atoms with Crippen molar-refractivity contribution >= 4 is 15.9 Å². The number of hydrogen-bond donors (Lipinski definition) is 3. The SMILES string of the molecule is OCC1(NCC(O)c2cccc(Br)c2)CCC1. The van der Waals surface area contributed by atoms with Crippen LogP contribution in [0.3, 0.4) is 0 Å². The summed E-state index contributed by atoms with van der Waals surface area (Å²) in [6.45, 7) is 0.634. The molecule has 94 valence electrons. The summed E-state index contributed by atoms with van der Waals surface area (Å²) in [5.41, 5.74) is 0.742. The van der Waals surface area contributed by atoms with Crippen LogP contribution in [0.15, 0.2) is 28.7 Å². The molecule has 1 aromatic carbocycles. The van der Waals surface area contributed by atoms with E-state index in [-0.39, 0.29) is 12.1 Å². The highest BCUT2D eigenvalue weighted by atomic mass is 79.9. The largest absolute Gasteiger partial charge is 0.394 e. The fraction of sp³-hybridized carbons (Fsp3) is 0.538. The van der Waals surface area contributed by atoms with E-state index in [1.165, 1.54) is 0 Å². The maximum Gasteiger partial charge on any atom is 0.0914 e. The maximum absolute atomic E-state index is 10.1. The highest BCUT2D eigenvalue weighted by Crippen LogP contribution is 2.31. The van der Waals surface area contributed by atoms with Crippen LogP contribution in [0.1, 0.15) is 30.9 Å². The smallest absolute Gasteiger partial charge is 0.0914 e. The van der Waals surface area contributed by atoms with E-state index in [1.54, 1.807) is 0 Å². The van der Waals surface area contributed by atoms with Gasteiger partial charge in [-0.1, -0.05) is 28.1 Å². The van der Waals surface area contributed by atoms with E-state index in [0.717, 1.165) is 29.3 Å². The average Bonchev–Trinajstić information content (AvgIpc) is 2.28. The molecule has 0 aliphatic heterocycles. The number of benzene rings is 1. The molecule has 3 nitrogen and oxygen atoms in total. The molecule has 1 aliphatic rings. The quantitative estimate of drug-likeness (QED) is 0.779. The highest BCUT2D eigenvalue weighted by Gasteiger charge is 2.36. The normalized spacial score (nSPS) is 19.7. The molecular weight excluding hydrogens is 282 g/mol. The third-order valence-corrected chi connectivity index (χ3v) is 4.01. The Balaban J connectivity index is 1.91. The molecule has 3 N–H and O–H groups in total. The Morgan fingerprint density at radius 1 is 1.41 bits per heavy atom. The van der Waals surface area contributed by atoms with Crippen LogP contribution < -0.4 is 5.32 Å². The topological polar surface area (TPSA) is 52.5 Å². The Bertz CT molecular complexity index is 374. The molecule has 0 radical (unpaired) electrons. The Labute approximate surface area is 110 Å². The lowest BCUT2D eigenvalue weighted by molar-refractivity contribution is 0.0687. The van der Waals surface area contributed by atoms with Crippen molar-refractivity contribution in [3.05, 3.63) is 34.3 Å². The minimum atomic E-state index is -0.531. The molecule has 0 saturated heterocycles. The van der Waals surface area contributed by atoms with Crippen LogP contribution in [-0.4, -0.2) is 28.9 Å². The van der Waals surface area contributed by atoms with Gasteiger partial charge in [0.2, 0.25) is 0 Å². The van der Waals surface area contributed by atoms with E-state index in [0.29, 0.717) is 6.54 Å². The van der Waals surface area contributed by atoms with Crippen LogP contribution in [-0.2, 0) is 0 Å². The highest BCUT2D eigenvalue weighted by molar-refractivity contribution is 9.10. The van der Waals surface area contributed by atoms with Gasteiger partial charge in [-0.3, -0.25) is 0 Å². The summed E-state index contributed by atoms with van der Waals surface area (Å²) >= 11 is 3.39. The van der Waals surface area contributed by atoms with Gasteiger partial charge in [0.15, 0.2) is 0 Å². The third-order valence-electron chi connectivity index (χ3n) is 3.52. The van der Waals surface area contributed by atoms with Crippen molar-refractivity contribution in [2.45, 2.75) is 30.9 Å². The molecule has 1 aromatic rings. The zero-order chi connectivity index (χ0) is 12.3. The van der Waals surface area contributed by atoms with Gasteiger partial charge >= 0.3 is 0 Å². The van der Waals surface area contributed by atoms with Gasteiger partial charge in [0.05, 0.1) is 12.7 Å². The Morgan fingerprint density at radius 3 is 2.71 bits per heavy atom. The molecule has 17 heavy (non-hydrogen) atoms. The second-order valence-electron chi connectivity index (χ2n) is 4.74. The monoisotopic (exact) mass is 299 g/mol. The molecule has 2 rings (SSSR count). The van der Waals surface area contributed by atoms with Gasteiger partial charge in [-0.15, -0.1) is 0 Å². The van der Waals surface area contributed by atoms with Crippen LogP contribution in [0.25, 0.3) is 0 Å². The molecule has 0 amide bonds. The van der Waals surface area contributed by atoms with Crippen molar-refractivity contribution < 1.29 is 10.2 Å². The average molecular weight is 300 g/mol. The lowest BCUT2D eigenvalue weighted by atomic mass is 9.77. The lowest BCUT2D eigenvalue weighted by Crippen LogP contribution is -2.54. The first kappa shape index (κ1) is 13.0. The van der Waals surface area contributed by atoms with Gasteiger partial charge in [-0.05, 0) is 37.0 Å². The van der Waals surface area contributed by atoms with Crippen LogP contribution in [0, 0.1) is 0 Å². The van der Waals surface area contributed by atoms with Gasteiger partial charge in [0.25, 0.3) is 0 Å². The number of hydrogen-bond acceptors (Lipinski definition) is 3. The Kier molecular flexibility index (Phi) is 4.20. The van der Waals surface area contributed by atoms with Gasteiger partial charge in [0, 0.05) is 16.6 Å². The number of aliphatic hydroxyl groups is 2. The molecule has 1 aliphatic carbocycles. The molecule has 0 heterocycles. The number of halogens is 1. The zero-order valence-corrected chi connectivity index (χ0v) is 11.3. The van der Waals surface area contributed by atoms with E-state index in [2.05, 4.69) is 21.2 Å². The van der Waals surface area contributed by atoms with Crippen molar-refractivity contribution in [2.75, 3.05) is 13.2 Å². The van der Waals surface area contributed by atoms with Gasteiger partial charge in [-0.25, -0.2) is 0 Å². The van der Waals surface area contributed by atoms with Crippen molar-refractivity contribution in [3.8, 4) is 0 Å². The van der Waals surface area contributed by atoms with E-state index < -0.39 is 6.10 Å². The van der Waals surface area contributed by atoms with E-state index in [1.807, 2.05) is 24.3 Å². The summed E-state index contributed by atoms with van der Waals surface area (Å²) in [5, 5.41) is 22.7. The third kappa shape index (κ3) is 3.07. The van der Waals surface area contributed by atoms with Crippen LogP contribution >= 0.6 is 15.9 Å². The van der Waals surface area contributed by atoms with Crippen molar-refractivity contribution in [1.29, 1.82) is 0 Å². The Hall–Kier alpha value is -0.420. The van der Waals surface area contributed by atoms with Gasteiger partial charge in [-0.2, -0.15) is 0 Å². The summed E-state index contributed by atoms with van der Waals surface area (Å²) in [5.74, 6) is 0. The fourth-order valence-electron chi connectivity index (χ4n) is 2.14. The predicted octanol–water partition coefficient (Wildman–Crippen LogP) is 1.99. The molecule has 4 heteroatoms. The van der Waals surface area contributed by atoms with Crippen molar-refractivity contribution in [1.82, 2.24) is 5.32 Å². The number of aliphatic hydroxyl groups excluding tert-OH is 2. The standard InChI is InChI=1S/C13H18BrNO2/c14-11-4-1-3-10(7-11)12(17)8-15-13(9-16)5-2-6-13/h1,3-4,7,12,15-17H,2,5-6,8-9H2. The number of nitrogens with one attached hydrogen (secondary N) is 1. The zero-order valence-electron chi connectivity index (χ0n) is 9.69. The summed E-state index contributed by atoms with van der Waals surface area (Å²) < 4.78 is 0.967. The maximum atomic E-state index is 10.1. The van der Waals surface area contributed by atoms with E-state index in [4.69, 9.17) is 0 Å². The molecule has 1 saturated carbocycles. The van der Waals surface area contributed by atoms with E-state index >= 15 is 0 Å². The van der Waals surface area contributed by atoms with Crippen molar-refractivity contribution in [3.63, 3.8) is 0 Å². The summed E-state index contributed by atoms with van der Waals surface area (Å²) in [6, 6.07) is 7.67. The van der Waals surface area contributed by atoms with Gasteiger partial charge in [0.1, 0.15) is 0 Å². The first-order valence-corrected chi connectivity index (χ1v) is 6.74. The molecule has 0 spiro atoms. The fourth-order valence-corrected chi connectivity index (χ4v) is 2.56. The summed E-state index contributed by atoms with van der Waals surface area (Å²) in [7, 11) is 0. The molecule has 1 unspecified atom stereocenters.